The van der Waals surface area contributed by atoms with Gasteiger partial charge in [0.15, 0.2) is 5.13 Å². The van der Waals surface area contributed by atoms with Gasteiger partial charge in [-0.2, -0.15) is 0 Å². The number of pyridine rings is 1. The molecule has 2 amide bonds. The Kier molecular flexibility index (Phi) is 6.54. The molecular weight excluding hydrogens is 505 g/mol. The van der Waals surface area contributed by atoms with Crippen molar-refractivity contribution in [1.82, 2.24) is 24.3 Å². The van der Waals surface area contributed by atoms with E-state index in [-0.39, 0.29) is 23.9 Å². The lowest BCUT2D eigenvalue weighted by molar-refractivity contribution is -0.132. The van der Waals surface area contributed by atoms with Gasteiger partial charge in [-0.25, -0.2) is 14.4 Å². The molecule has 0 saturated carbocycles. The lowest BCUT2D eigenvalue weighted by atomic mass is 10.1. The van der Waals surface area contributed by atoms with Gasteiger partial charge in [-0.05, 0) is 43.4 Å². The van der Waals surface area contributed by atoms with Crippen LogP contribution in [0.25, 0.3) is 11.0 Å². The molecule has 0 unspecified atom stereocenters. The van der Waals surface area contributed by atoms with Crippen molar-refractivity contribution in [1.29, 1.82) is 0 Å². The zero-order valence-corrected chi connectivity index (χ0v) is 21.9. The molecule has 196 valence electrons. The highest BCUT2D eigenvalue weighted by Crippen LogP contribution is 2.30. The molecule has 0 radical (unpaired) electrons. The second kappa shape index (κ2) is 10.1. The van der Waals surface area contributed by atoms with Gasteiger partial charge in [0.1, 0.15) is 18.0 Å². The van der Waals surface area contributed by atoms with Gasteiger partial charge in [0.2, 0.25) is 5.91 Å². The first kappa shape index (κ1) is 24.5. The number of aromatic nitrogens is 3. The van der Waals surface area contributed by atoms with Crippen LogP contribution < -0.4 is 10.2 Å². The number of nitrogens with zero attached hydrogens (tertiary/aromatic N) is 6. The number of benzene rings is 1. The van der Waals surface area contributed by atoms with Crippen LogP contribution in [0.3, 0.4) is 0 Å². The number of anilines is 2. The maximum atomic E-state index is 14.2. The van der Waals surface area contributed by atoms with E-state index in [1.807, 2.05) is 38.8 Å². The van der Waals surface area contributed by atoms with Gasteiger partial charge >= 0.3 is 0 Å². The van der Waals surface area contributed by atoms with Crippen LogP contribution in [0.4, 0.5) is 15.2 Å². The Labute approximate surface area is 223 Å². The van der Waals surface area contributed by atoms with E-state index in [0.29, 0.717) is 37.0 Å². The number of carbonyl (C=O) groups is 2. The number of amides is 2. The summed E-state index contributed by atoms with van der Waals surface area (Å²) >= 11 is 1.47. The van der Waals surface area contributed by atoms with Crippen molar-refractivity contribution >= 4 is 45.0 Å². The van der Waals surface area contributed by atoms with Crippen molar-refractivity contribution in [2.45, 2.75) is 19.5 Å². The van der Waals surface area contributed by atoms with E-state index >= 15 is 0 Å². The monoisotopic (exact) mass is 533 g/mol. The highest BCUT2D eigenvalue weighted by molar-refractivity contribution is 7.15. The van der Waals surface area contributed by atoms with Crippen molar-refractivity contribution in [3.63, 3.8) is 0 Å². The van der Waals surface area contributed by atoms with E-state index in [0.717, 1.165) is 41.1 Å². The molecule has 11 heteroatoms. The zero-order chi connectivity index (χ0) is 26.2. The van der Waals surface area contributed by atoms with Crippen LogP contribution in [0, 0.1) is 5.82 Å². The Morgan fingerprint density at radius 2 is 1.95 bits per heavy atom. The smallest absolute Gasteiger partial charge is 0.259 e. The lowest BCUT2D eigenvalue weighted by Gasteiger charge is -2.37. The standard InChI is InChI=1S/C27H28FN7O2S/c1-32-9-7-21-23(16-32)38-27(30-21)31-26(37)20-15-19(28)4-5-22(20)33-11-13-34(14-12-33)24(36)17-35-10-6-18-3-2-8-29-25(18)35/h2-6,8,10,15H,7,9,11-14,16-17H2,1H3,(H,30,31,37). The maximum absolute atomic E-state index is 14.2. The molecule has 5 heterocycles. The van der Waals surface area contributed by atoms with Gasteiger partial charge in [0.05, 0.1) is 11.3 Å². The largest absolute Gasteiger partial charge is 0.367 e. The Morgan fingerprint density at radius 3 is 2.79 bits per heavy atom. The van der Waals surface area contributed by atoms with E-state index in [4.69, 9.17) is 0 Å². The Balaban J connectivity index is 1.13. The van der Waals surface area contributed by atoms with Crippen molar-refractivity contribution in [3.05, 3.63) is 70.7 Å². The third kappa shape index (κ3) is 4.86. The first-order valence-corrected chi connectivity index (χ1v) is 13.5. The maximum Gasteiger partial charge on any atom is 0.259 e. The molecule has 9 nitrogen and oxygen atoms in total. The average Bonchev–Trinajstić information content (AvgIpc) is 3.51. The van der Waals surface area contributed by atoms with Crippen LogP contribution in [0.15, 0.2) is 48.8 Å². The Hall–Kier alpha value is -3.83. The zero-order valence-electron chi connectivity index (χ0n) is 21.1. The molecule has 2 aliphatic heterocycles. The summed E-state index contributed by atoms with van der Waals surface area (Å²) in [5, 5.41) is 4.42. The topological polar surface area (TPSA) is 86.6 Å². The summed E-state index contributed by atoms with van der Waals surface area (Å²) in [7, 11) is 2.06. The average molecular weight is 534 g/mol. The van der Waals surface area contributed by atoms with Crippen LogP contribution in [0.2, 0.25) is 0 Å². The molecule has 3 aromatic heterocycles. The minimum Gasteiger partial charge on any atom is -0.367 e. The summed E-state index contributed by atoms with van der Waals surface area (Å²) in [4.78, 5) is 42.5. The van der Waals surface area contributed by atoms with Crippen molar-refractivity contribution < 1.29 is 14.0 Å². The molecule has 0 bridgehead atoms. The van der Waals surface area contributed by atoms with E-state index < -0.39 is 5.82 Å². The van der Waals surface area contributed by atoms with Crippen LogP contribution in [0.1, 0.15) is 20.9 Å². The predicted molar refractivity (Wildman–Crippen MR) is 145 cm³/mol. The molecule has 0 atom stereocenters. The predicted octanol–water partition coefficient (Wildman–Crippen LogP) is 3.22. The SMILES string of the molecule is CN1CCc2nc(NC(=O)c3cc(F)ccc3N3CCN(C(=O)Cn4ccc5cccnc54)CC3)sc2C1. The minimum absolute atomic E-state index is 0.0169. The number of hydrogen-bond acceptors (Lipinski definition) is 7. The summed E-state index contributed by atoms with van der Waals surface area (Å²) in [5.41, 5.74) is 2.72. The highest BCUT2D eigenvalue weighted by Gasteiger charge is 2.26. The van der Waals surface area contributed by atoms with E-state index in [1.54, 1.807) is 12.3 Å². The van der Waals surface area contributed by atoms with Gasteiger partial charge in [-0.15, -0.1) is 11.3 Å². The number of piperazine rings is 1. The second-order valence-electron chi connectivity index (χ2n) is 9.72. The fraction of sp³-hybridized carbons (Fsp3) is 0.333. The Bertz CT molecular complexity index is 1510. The number of fused-ring (bicyclic) bond motifs is 2. The number of nitrogens with one attached hydrogen (secondary N) is 1. The molecule has 6 rings (SSSR count). The number of rotatable bonds is 5. The molecule has 1 fully saturated rings. The lowest BCUT2D eigenvalue weighted by Crippen LogP contribution is -2.50. The van der Waals surface area contributed by atoms with Crippen LogP contribution in [-0.4, -0.2) is 75.9 Å². The van der Waals surface area contributed by atoms with Gasteiger partial charge in [-0.1, -0.05) is 0 Å². The minimum atomic E-state index is -0.472. The molecule has 4 aromatic rings. The first-order chi connectivity index (χ1) is 18.4. The molecular formula is C27H28FN7O2S. The van der Waals surface area contributed by atoms with Gasteiger partial charge in [0, 0.05) is 74.0 Å². The van der Waals surface area contributed by atoms with Crippen molar-refractivity contribution in [2.24, 2.45) is 0 Å². The summed E-state index contributed by atoms with van der Waals surface area (Å²) in [5.74, 6) is -0.840. The normalized spacial score (nSPS) is 16.1. The van der Waals surface area contributed by atoms with Gasteiger partial charge < -0.3 is 19.3 Å². The molecule has 2 aliphatic rings. The first-order valence-electron chi connectivity index (χ1n) is 12.7. The molecule has 1 aromatic carbocycles. The fourth-order valence-electron chi connectivity index (χ4n) is 5.10. The fourth-order valence-corrected chi connectivity index (χ4v) is 6.18. The number of thiazole rings is 1. The molecule has 0 spiro atoms. The van der Waals surface area contributed by atoms with Gasteiger partial charge in [-0.3, -0.25) is 14.9 Å². The number of hydrogen-bond donors (Lipinski definition) is 1. The summed E-state index contributed by atoms with van der Waals surface area (Å²) < 4.78 is 16.1. The van der Waals surface area contributed by atoms with Crippen LogP contribution in [-0.2, 0) is 24.3 Å². The molecule has 38 heavy (non-hydrogen) atoms. The van der Waals surface area contributed by atoms with E-state index in [2.05, 4.69) is 27.2 Å². The second-order valence-corrected chi connectivity index (χ2v) is 10.8. The quantitative estimate of drug-likeness (QED) is 0.424. The van der Waals surface area contributed by atoms with Crippen LogP contribution >= 0.6 is 11.3 Å². The molecule has 1 saturated heterocycles. The van der Waals surface area contributed by atoms with E-state index in [1.165, 1.54) is 23.5 Å². The Morgan fingerprint density at radius 1 is 1.11 bits per heavy atom. The molecule has 1 N–H and O–H groups in total. The summed E-state index contributed by atoms with van der Waals surface area (Å²) in [6.45, 7) is 4.08. The van der Waals surface area contributed by atoms with Crippen molar-refractivity contribution in [3.8, 4) is 0 Å². The number of carbonyl (C=O) groups excluding carboxylic acids is 2. The number of halogens is 1. The summed E-state index contributed by atoms with van der Waals surface area (Å²) in [6, 6.07) is 10.1. The van der Waals surface area contributed by atoms with Crippen LogP contribution in [0.5, 0.6) is 0 Å². The summed E-state index contributed by atoms with van der Waals surface area (Å²) in [6.07, 6.45) is 4.45. The molecule has 0 aliphatic carbocycles. The van der Waals surface area contributed by atoms with Gasteiger partial charge in [0.25, 0.3) is 5.91 Å². The van der Waals surface area contributed by atoms with Crippen molar-refractivity contribution in [2.75, 3.05) is 50.0 Å². The number of likely N-dealkylation sites (N-methyl/N-ethyl adjacent to an activating group) is 1. The third-order valence-electron chi connectivity index (χ3n) is 7.15. The highest BCUT2D eigenvalue weighted by atomic mass is 32.1. The third-order valence-corrected chi connectivity index (χ3v) is 8.15. The van der Waals surface area contributed by atoms with E-state index in [9.17, 15) is 14.0 Å².